The van der Waals surface area contributed by atoms with Gasteiger partial charge in [-0.25, -0.2) is 9.18 Å². The summed E-state index contributed by atoms with van der Waals surface area (Å²) < 4.78 is 19.4. The molecule has 3 rings (SSSR count). The van der Waals surface area contributed by atoms with Crippen molar-refractivity contribution < 1.29 is 62.8 Å². The van der Waals surface area contributed by atoms with E-state index < -0.39 is 18.0 Å². The van der Waals surface area contributed by atoms with Crippen LogP contribution < -0.4 is 9.80 Å². The van der Waals surface area contributed by atoms with E-state index >= 15 is 0 Å². The SMILES string of the molecule is [Ac].[NH-]CC1CN(c2ccc(N3CCC(=O)CC3)c(F)c2)C(=O)O1. The van der Waals surface area contributed by atoms with Gasteiger partial charge in [-0.15, -0.1) is 6.54 Å². The first kappa shape index (κ1) is 18.6. The fourth-order valence-corrected chi connectivity index (χ4v) is 2.76. The predicted molar refractivity (Wildman–Crippen MR) is 79.7 cm³/mol. The van der Waals surface area contributed by atoms with Crippen LogP contribution in [0, 0.1) is 49.9 Å². The Balaban J connectivity index is 0.00000192. The standard InChI is InChI=1S/C15H17FN3O3.Ac/c16-13-7-10(19-9-12(8-17)22-15(19)21)1-2-14(13)18-5-3-11(20)4-6-18;/h1-2,7,12,17H,3-6,8-9H2;/q-1;. The van der Waals surface area contributed by atoms with E-state index in [9.17, 15) is 14.0 Å². The molecule has 2 heterocycles. The smallest absolute Gasteiger partial charge is 0.414 e. The number of rotatable bonds is 3. The minimum atomic E-state index is -0.548. The molecule has 2 fully saturated rings. The van der Waals surface area contributed by atoms with Gasteiger partial charge in [0.15, 0.2) is 0 Å². The summed E-state index contributed by atoms with van der Waals surface area (Å²) in [7, 11) is 0. The number of anilines is 2. The van der Waals surface area contributed by atoms with Gasteiger partial charge in [-0.1, -0.05) is 0 Å². The number of ketones is 1. The van der Waals surface area contributed by atoms with Gasteiger partial charge in [0.1, 0.15) is 17.7 Å². The zero-order valence-electron chi connectivity index (χ0n) is 12.6. The first-order valence-corrected chi connectivity index (χ1v) is 7.27. The van der Waals surface area contributed by atoms with Crippen LogP contribution in [0.4, 0.5) is 20.6 Å². The Hall–Kier alpha value is -0.708. The van der Waals surface area contributed by atoms with Crippen molar-refractivity contribution in [3.63, 3.8) is 0 Å². The third kappa shape index (κ3) is 4.04. The normalized spacial score (nSPS) is 21.2. The van der Waals surface area contributed by atoms with Crippen molar-refractivity contribution in [2.45, 2.75) is 18.9 Å². The number of hydrogen-bond acceptors (Lipinski definition) is 4. The molecule has 121 valence electrons. The number of nitrogens with zero attached hydrogens (tertiary/aromatic N) is 2. The summed E-state index contributed by atoms with van der Waals surface area (Å²) in [5.41, 5.74) is 8.13. The molecule has 1 radical (unpaired) electrons. The first-order valence-electron chi connectivity index (χ1n) is 7.27. The van der Waals surface area contributed by atoms with Crippen LogP contribution in [0.5, 0.6) is 0 Å². The molecule has 2 aliphatic rings. The van der Waals surface area contributed by atoms with Gasteiger partial charge in [0.25, 0.3) is 0 Å². The average Bonchev–Trinajstić information content (AvgIpc) is 2.89. The third-order valence-electron chi connectivity index (χ3n) is 4.01. The topological polar surface area (TPSA) is 73.7 Å². The number of carbonyl (C=O) groups excluding carboxylic acids is 2. The van der Waals surface area contributed by atoms with Crippen LogP contribution in [-0.2, 0) is 9.53 Å². The predicted octanol–water partition coefficient (Wildman–Crippen LogP) is 2.37. The summed E-state index contributed by atoms with van der Waals surface area (Å²) in [5, 5.41) is 0. The molecule has 1 aromatic carbocycles. The number of cyclic esters (lactones) is 1. The minimum Gasteiger partial charge on any atom is -0.674 e. The van der Waals surface area contributed by atoms with E-state index in [2.05, 4.69) is 0 Å². The molecule has 0 saturated carbocycles. The van der Waals surface area contributed by atoms with Crippen molar-refractivity contribution in [3.05, 3.63) is 29.7 Å². The van der Waals surface area contributed by atoms with Crippen LogP contribution in [0.3, 0.4) is 0 Å². The quantitative estimate of drug-likeness (QED) is 0.599. The number of benzene rings is 1. The van der Waals surface area contributed by atoms with Gasteiger partial charge >= 0.3 is 6.09 Å². The molecule has 1 amide bonds. The maximum Gasteiger partial charge on any atom is 0.414 e. The second-order valence-corrected chi connectivity index (χ2v) is 5.48. The van der Waals surface area contributed by atoms with E-state index in [1.54, 1.807) is 12.1 Å². The van der Waals surface area contributed by atoms with E-state index in [-0.39, 0.29) is 62.9 Å². The van der Waals surface area contributed by atoms with Crippen LogP contribution in [0.25, 0.3) is 5.73 Å². The number of halogens is 1. The van der Waals surface area contributed by atoms with E-state index in [0.717, 1.165) is 0 Å². The number of carbonyl (C=O) groups is 2. The molecule has 0 aliphatic carbocycles. The van der Waals surface area contributed by atoms with Crippen LogP contribution in [0.2, 0.25) is 0 Å². The molecule has 2 aliphatic heterocycles. The van der Waals surface area contributed by atoms with E-state index in [1.165, 1.54) is 11.0 Å². The summed E-state index contributed by atoms with van der Waals surface area (Å²) >= 11 is 0. The number of Topliss-reactive ketones (excluding diaryl/α,β-unsaturated/α-hetero) is 1. The van der Waals surface area contributed by atoms with Gasteiger partial charge < -0.3 is 15.4 Å². The summed E-state index contributed by atoms with van der Waals surface area (Å²) in [5.74, 6) is -0.219. The fraction of sp³-hybridized carbons (Fsp3) is 0.467. The van der Waals surface area contributed by atoms with E-state index in [4.69, 9.17) is 10.5 Å². The van der Waals surface area contributed by atoms with E-state index in [0.29, 0.717) is 37.3 Å². The number of ether oxygens (including phenoxy) is 1. The molecule has 1 unspecified atom stereocenters. The van der Waals surface area contributed by atoms with Crippen molar-refractivity contribution in [3.8, 4) is 0 Å². The number of nitrogens with one attached hydrogen (secondary N) is 1. The van der Waals surface area contributed by atoms with Crippen LogP contribution >= 0.6 is 0 Å². The van der Waals surface area contributed by atoms with Gasteiger partial charge in [-0.3, -0.25) is 9.69 Å². The Bertz CT molecular complexity index is 604. The summed E-state index contributed by atoms with van der Waals surface area (Å²) in [6, 6.07) is 4.60. The Labute approximate surface area is 169 Å². The molecular weight excluding hydrogens is 516 g/mol. The summed E-state index contributed by atoms with van der Waals surface area (Å²) in [6.07, 6.45) is -0.147. The van der Waals surface area contributed by atoms with Crippen LogP contribution in [0.1, 0.15) is 12.8 Å². The second-order valence-electron chi connectivity index (χ2n) is 5.48. The number of amides is 1. The van der Waals surface area contributed by atoms with Gasteiger partial charge in [0.05, 0.1) is 17.9 Å². The molecule has 1 atom stereocenters. The van der Waals surface area contributed by atoms with Crippen molar-refractivity contribution in [2.75, 3.05) is 36.0 Å². The average molecular weight is 533 g/mol. The molecule has 0 spiro atoms. The first-order chi connectivity index (χ1) is 10.6. The Kier molecular flexibility index (Phi) is 6.41. The molecule has 1 N–H and O–H groups in total. The molecule has 6 nitrogen and oxygen atoms in total. The Morgan fingerprint density at radius 3 is 2.52 bits per heavy atom. The van der Waals surface area contributed by atoms with Crippen molar-refractivity contribution in [1.29, 1.82) is 0 Å². The summed E-state index contributed by atoms with van der Waals surface area (Å²) in [4.78, 5) is 26.2. The Morgan fingerprint density at radius 1 is 1.26 bits per heavy atom. The van der Waals surface area contributed by atoms with Crippen molar-refractivity contribution in [2.24, 2.45) is 0 Å². The largest absolute Gasteiger partial charge is 0.674 e. The molecule has 0 aromatic heterocycles. The monoisotopic (exact) mass is 533 g/mol. The number of hydrogen-bond donors (Lipinski definition) is 0. The Morgan fingerprint density at radius 2 is 1.96 bits per heavy atom. The summed E-state index contributed by atoms with van der Waals surface area (Å²) in [6.45, 7) is 1.29. The molecule has 0 bridgehead atoms. The zero-order valence-corrected chi connectivity index (χ0v) is 17.4. The molecule has 2 saturated heterocycles. The van der Waals surface area contributed by atoms with Crippen LogP contribution in [0.15, 0.2) is 18.2 Å². The zero-order chi connectivity index (χ0) is 15.7. The van der Waals surface area contributed by atoms with Crippen molar-refractivity contribution in [1.82, 2.24) is 0 Å². The van der Waals surface area contributed by atoms with Crippen molar-refractivity contribution >= 4 is 23.3 Å². The second kappa shape index (κ2) is 7.91. The van der Waals surface area contributed by atoms with Gasteiger partial charge in [0.2, 0.25) is 0 Å². The molecule has 23 heavy (non-hydrogen) atoms. The number of piperidine rings is 1. The van der Waals surface area contributed by atoms with Gasteiger partial charge in [-0.2, -0.15) is 0 Å². The van der Waals surface area contributed by atoms with Gasteiger partial charge in [0, 0.05) is 70.0 Å². The fourth-order valence-electron chi connectivity index (χ4n) is 2.76. The third-order valence-corrected chi connectivity index (χ3v) is 4.01. The molecule has 1 aromatic rings. The maximum absolute atomic E-state index is 14.3. The van der Waals surface area contributed by atoms with E-state index in [1.807, 2.05) is 4.90 Å². The molecular formula is C15H17AcFN3O3-. The molecule has 8 heteroatoms. The minimum absolute atomic E-state index is 0. The maximum atomic E-state index is 14.3. The van der Waals surface area contributed by atoms with Crippen LogP contribution in [-0.4, -0.2) is 44.2 Å². The van der Waals surface area contributed by atoms with Gasteiger partial charge in [-0.05, 0) is 18.2 Å².